The van der Waals surface area contributed by atoms with Gasteiger partial charge in [-0.3, -0.25) is 4.68 Å². The lowest BCUT2D eigenvalue weighted by Gasteiger charge is -1.91. The van der Waals surface area contributed by atoms with Crippen molar-refractivity contribution in [3.63, 3.8) is 0 Å². The molecule has 4 nitrogen and oxygen atoms in total. The van der Waals surface area contributed by atoms with Crippen LogP contribution >= 0.6 is 11.6 Å². The van der Waals surface area contributed by atoms with Crippen molar-refractivity contribution < 1.29 is 4.42 Å². The molecule has 0 saturated carbocycles. The maximum atomic E-state index is 5.60. The average molecular weight is 226 g/mol. The van der Waals surface area contributed by atoms with Crippen LogP contribution in [-0.2, 0) is 13.5 Å². The van der Waals surface area contributed by atoms with E-state index in [0.717, 1.165) is 30.1 Å². The summed E-state index contributed by atoms with van der Waals surface area (Å²) in [6.07, 6.45) is 7.04. The molecule has 0 radical (unpaired) electrons. The van der Waals surface area contributed by atoms with Crippen molar-refractivity contribution >= 4 is 11.6 Å². The smallest absolute Gasteiger partial charge is 0.194 e. The highest BCUT2D eigenvalue weighted by atomic mass is 35.5. The number of hydrogen-bond donors (Lipinski definition) is 0. The first-order valence-corrected chi connectivity index (χ1v) is 5.33. The van der Waals surface area contributed by atoms with Crippen LogP contribution < -0.4 is 0 Å². The van der Waals surface area contributed by atoms with E-state index in [2.05, 4.69) is 10.1 Å². The van der Waals surface area contributed by atoms with Crippen LogP contribution in [0, 0.1) is 0 Å². The summed E-state index contributed by atoms with van der Waals surface area (Å²) >= 11 is 5.60. The van der Waals surface area contributed by atoms with Crippen molar-refractivity contribution in [1.29, 1.82) is 0 Å². The van der Waals surface area contributed by atoms with Crippen molar-refractivity contribution in [3.05, 3.63) is 24.5 Å². The second-order valence-electron chi connectivity index (χ2n) is 3.31. The highest BCUT2D eigenvalue weighted by Crippen LogP contribution is 2.19. The molecule has 80 valence electrons. The number of rotatable bonds is 4. The lowest BCUT2D eigenvalue weighted by Crippen LogP contribution is -1.84. The fraction of sp³-hybridized carbons (Fsp3) is 0.400. The summed E-state index contributed by atoms with van der Waals surface area (Å²) in [7, 11) is 1.87. The maximum Gasteiger partial charge on any atom is 0.194 e. The minimum absolute atomic E-state index is 0.630. The number of oxazole rings is 1. The molecule has 0 saturated heterocycles. The van der Waals surface area contributed by atoms with E-state index >= 15 is 0 Å². The zero-order chi connectivity index (χ0) is 10.7. The van der Waals surface area contributed by atoms with Gasteiger partial charge < -0.3 is 4.42 Å². The van der Waals surface area contributed by atoms with Gasteiger partial charge in [-0.15, -0.1) is 11.6 Å². The van der Waals surface area contributed by atoms with Gasteiger partial charge in [-0.2, -0.15) is 5.10 Å². The summed E-state index contributed by atoms with van der Waals surface area (Å²) in [6.45, 7) is 0. The van der Waals surface area contributed by atoms with Crippen LogP contribution in [0.15, 0.2) is 23.0 Å². The SMILES string of the molecule is Cn1cc(-c2cnc(CCCCl)o2)cn1. The quantitative estimate of drug-likeness (QED) is 0.750. The van der Waals surface area contributed by atoms with Gasteiger partial charge in [0.25, 0.3) is 0 Å². The summed E-state index contributed by atoms with van der Waals surface area (Å²) in [4.78, 5) is 4.18. The lowest BCUT2D eigenvalue weighted by molar-refractivity contribution is 0.503. The van der Waals surface area contributed by atoms with E-state index < -0.39 is 0 Å². The fourth-order valence-corrected chi connectivity index (χ4v) is 1.46. The molecule has 0 aromatic carbocycles. The van der Waals surface area contributed by atoms with E-state index in [9.17, 15) is 0 Å². The molecule has 0 N–H and O–H groups in total. The fourth-order valence-electron chi connectivity index (χ4n) is 1.33. The number of alkyl halides is 1. The second kappa shape index (κ2) is 4.49. The van der Waals surface area contributed by atoms with Crippen LogP contribution in [0.1, 0.15) is 12.3 Å². The molecule has 0 fully saturated rings. The molecule has 0 aliphatic heterocycles. The van der Waals surface area contributed by atoms with Crippen LogP contribution in [0.5, 0.6) is 0 Å². The number of hydrogen-bond acceptors (Lipinski definition) is 3. The van der Waals surface area contributed by atoms with E-state index in [1.54, 1.807) is 17.1 Å². The Kier molecular flexibility index (Phi) is 3.06. The summed E-state index contributed by atoms with van der Waals surface area (Å²) in [6, 6.07) is 0. The third kappa shape index (κ3) is 2.39. The third-order valence-electron chi connectivity index (χ3n) is 2.07. The predicted molar refractivity (Wildman–Crippen MR) is 57.7 cm³/mol. The zero-order valence-corrected chi connectivity index (χ0v) is 9.24. The molecule has 0 unspecified atom stereocenters. The van der Waals surface area contributed by atoms with Crippen molar-refractivity contribution in [3.8, 4) is 11.3 Å². The number of nitrogens with zero attached hydrogens (tertiary/aromatic N) is 3. The van der Waals surface area contributed by atoms with Gasteiger partial charge in [0.15, 0.2) is 11.7 Å². The first kappa shape index (κ1) is 10.2. The summed E-state index contributed by atoms with van der Waals surface area (Å²) in [5.41, 5.74) is 0.946. The molecule has 2 aromatic rings. The highest BCUT2D eigenvalue weighted by molar-refractivity contribution is 6.17. The van der Waals surface area contributed by atoms with Crippen LogP contribution in [0.25, 0.3) is 11.3 Å². The van der Waals surface area contributed by atoms with Crippen LogP contribution in [-0.4, -0.2) is 20.6 Å². The first-order valence-electron chi connectivity index (χ1n) is 4.79. The maximum absolute atomic E-state index is 5.60. The van der Waals surface area contributed by atoms with E-state index in [4.69, 9.17) is 16.0 Å². The van der Waals surface area contributed by atoms with Gasteiger partial charge in [0.2, 0.25) is 0 Å². The second-order valence-corrected chi connectivity index (χ2v) is 3.69. The van der Waals surface area contributed by atoms with E-state index in [-0.39, 0.29) is 0 Å². The van der Waals surface area contributed by atoms with Gasteiger partial charge in [0, 0.05) is 25.5 Å². The third-order valence-corrected chi connectivity index (χ3v) is 2.33. The van der Waals surface area contributed by atoms with Gasteiger partial charge in [-0.25, -0.2) is 4.98 Å². The van der Waals surface area contributed by atoms with Crippen molar-refractivity contribution in [2.24, 2.45) is 7.05 Å². The van der Waals surface area contributed by atoms with Crippen molar-refractivity contribution in [2.45, 2.75) is 12.8 Å². The molecule has 0 aliphatic carbocycles. The standard InChI is InChI=1S/C10H12ClN3O/c1-14-7-8(5-13-14)9-6-12-10(15-9)3-2-4-11/h5-7H,2-4H2,1H3. The lowest BCUT2D eigenvalue weighted by atomic mass is 10.3. The Morgan fingerprint density at radius 2 is 2.33 bits per heavy atom. The Morgan fingerprint density at radius 1 is 1.47 bits per heavy atom. The molecule has 0 amide bonds. The molecular weight excluding hydrogens is 214 g/mol. The van der Waals surface area contributed by atoms with Crippen LogP contribution in [0.4, 0.5) is 0 Å². The molecule has 0 spiro atoms. The topological polar surface area (TPSA) is 43.9 Å². The molecule has 0 aliphatic rings. The number of halogens is 1. The van der Waals surface area contributed by atoms with Crippen LogP contribution in [0.2, 0.25) is 0 Å². The van der Waals surface area contributed by atoms with Crippen LogP contribution in [0.3, 0.4) is 0 Å². The Labute approximate surface area is 92.9 Å². The molecule has 5 heteroatoms. The normalized spacial score (nSPS) is 10.8. The van der Waals surface area contributed by atoms with E-state index in [1.165, 1.54) is 0 Å². The summed E-state index contributed by atoms with van der Waals surface area (Å²) in [5, 5.41) is 4.07. The predicted octanol–water partition coefficient (Wildman–Crippen LogP) is 2.25. The Hall–Kier alpha value is -1.29. The number of aryl methyl sites for hydroxylation is 2. The molecule has 2 heterocycles. The molecular formula is C10H12ClN3O. The highest BCUT2D eigenvalue weighted by Gasteiger charge is 2.07. The van der Waals surface area contributed by atoms with E-state index in [1.807, 2.05) is 13.2 Å². The molecule has 15 heavy (non-hydrogen) atoms. The first-order chi connectivity index (χ1) is 7.29. The number of aromatic nitrogens is 3. The minimum Gasteiger partial charge on any atom is -0.441 e. The molecule has 2 rings (SSSR count). The van der Waals surface area contributed by atoms with Crippen molar-refractivity contribution in [1.82, 2.24) is 14.8 Å². The summed E-state index contributed by atoms with van der Waals surface area (Å²) < 4.78 is 7.29. The Morgan fingerprint density at radius 3 is 3.00 bits per heavy atom. The molecule has 0 bridgehead atoms. The monoisotopic (exact) mass is 225 g/mol. The molecule has 0 atom stereocenters. The van der Waals surface area contributed by atoms with Gasteiger partial charge in [-0.05, 0) is 6.42 Å². The Balaban J connectivity index is 2.13. The van der Waals surface area contributed by atoms with Crippen molar-refractivity contribution in [2.75, 3.05) is 5.88 Å². The van der Waals surface area contributed by atoms with Gasteiger partial charge >= 0.3 is 0 Å². The van der Waals surface area contributed by atoms with Gasteiger partial charge in [0.05, 0.1) is 18.0 Å². The van der Waals surface area contributed by atoms with Gasteiger partial charge in [-0.1, -0.05) is 0 Å². The molecule has 2 aromatic heterocycles. The zero-order valence-electron chi connectivity index (χ0n) is 8.48. The largest absolute Gasteiger partial charge is 0.441 e. The summed E-state index contributed by atoms with van der Waals surface area (Å²) in [5.74, 6) is 2.12. The minimum atomic E-state index is 0.630. The van der Waals surface area contributed by atoms with Gasteiger partial charge in [0.1, 0.15) is 0 Å². The van der Waals surface area contributed by atoms with E-state index in [0.29, 0.717) is 5.88 Å². The Bertz CT molecular complexity index is 435. The average Bonchev–Trinajstić information content (AvgIpc) is 2.83.